The van der Waals surface area contributed by atoms with Crippen LogP contribution in [0.5, 0.6) is 11.6 Å². The summed E-state index contributed by atoms with van der Waals surface area (Å²) in [6, 6.07) is 7.15. The first-order valence-electron chi connectivity index (χ1n) is 5.73. The summed E-state index contributed by atoms with van der Waals surface area (Å²) in [5.74, 6) is 0.145. The highest BCUT2D eigenvalue weighted by Gasteiger charge is 2.17. The maximum Gasteiger partial charge on any atom is 0.311 e. The molecule has 1 aromatic heterocycles. The lowest BCUT2D eigenvalue weighted by Crippen LogP contribution is -1.97. The van der Waals surface area contributed by atoms with Gasteiger partial charge in [0.1, 0.15) is 0 Å². The topological polar surface area (TPSA) is 85.5 Å². The van der Waals surface area contributed by atoms with Crippen LogP contribution in [0.15, 0.2) is 36.5 Å². The smallest absolute Gasteiger partial charge is 0.311 e. The zero-order valence-electron chi connectivity index (χ0n) is 10.5. The zero-order chi connectivity index (χ0) is 14.7. The van der Waals surface area contributed by atoms with Crippen LogP contribution in [0.4, 0.5) is 5.69 Å². The van der Waals surface area contributed by atoms with Gasteiger partial charge in [0.2, 0.25) is 11.6 Å². The van der Waals surface area contributed by atoms with Gasteiger partial charge in [-0.15, -0.1) is 0 Å². The van der Waals surface area contributed by atoms with Crippen molar-refractivity contribution in [3.05, 3.63) is 57.2 Å². The van der Waals surface area contributed by atoms with Crippen molar-refractivity contribution in [3.8, 4) is 11.6 Å². The van der Waals surface area contributed by atoms with Crippen molar-refractivity contribution in [1.82, 2.24) is 4.98 Å². The van der Waals surface area contributed by atoms with Gasteiger partial charge in [-0.1, -0.05) is 11.6 Å². The molecule has 7 heteroatoms. The second-order valence-corrected chi connectivity index (χ2v) is 4.51. The van der Waals surface area contributed by atoms with Gasteiger partial charge < -0.3 is 9.84 Å². The largest absolute Gasteiger partial charge is 0.432 e. The average Bonchev–Trinajstić information content (AvgIpc) is 2.38. The Labute approximate surface area is 119 Å². The van der Waals surface area contributed by atoms with E-state index >= 15 is 0 Å². The van der Waals surface area contributed by atoms with E-state index in [0.29, 0.717) is 10.6 Å². The van der Waals surface area contributed by atoms with E-state index in [1.807, 2.05) is 0 Å². The van der Waals surface area contributed by atoms with E-state index in [0.717, 1.165) is 0 Å². The minimum Gasteiger partial charge on any atom is -0.432 e. The molecule has 0 unspecified atom stereocenters. The van der Waals surface area contributed by atoms with Gasteiger partial charge in [0.15, 0.2) is 0 Å². The van der Waals surface area contributed by atoms with Gasteiger partial charge in [0.05, 0.1) is 11.0 Å². The first-order chi connectivity index (χ1) is 9.47. The molecular weight excluding hydrogens is 284 g/mol. The average molecular weight is 295 g/mol. The highest BCUT2D eigenvalue weighted by Crippen LogP contribution is 2.33. The highest BCUT2D eigenvalue weighted by atomic mass is 35.5. The molecule has 1 atom stereocenters. The Morgan fingerprint density at radius 3 is 2.80 bits per heavy atom. The molecule has 0 bridgehead atoms. The van der Waals surface area contributed by atoms with Gasteiger partial charge in [-0.25, -0.2) is 4.98 Å². The van der Waals surface area contributed by atoms with Crippen LogP contribution < -0.4 is 4.74 Å². The number of nitro groups is 1. The molecular formula is C13H11ClN2O4. The van der Waals surface area contributed by atoms with Gasteiger partial charge >= 0.3 is 5.69 Å². The van der Waals surface area contributed by atoms with Gasteiger partial charge in [-0.3, -0.25) is 10.1 Å². The number of halogens is 1. The summed E-state index contributed by atoms with van der Waals surface area (Å²) in [4.78, 5) is 14.3. The van der Waals surface area contributed by atoms with Crippen LogP contribution in [0.2, 0.25) is 5.02 Å². The Kier molecular flexibility index (Phi) is 4.16. The highest BCUT2D eigenvalue weighted by molar-refractivity contribution is 6.30. The molecule has 0 aliphatic rings. The second-order valence-electron chi connectivity index (χ2n) is 4.07. The summed E-state index contributed by atoms with van der Waals surface area (Å²) in [6.07, 6.45) is 0.767. The molecule has 0 fully saturated rings. The second kappa shape index (κ2) is 5.85. The number of hydrogen-bond acceptors (Lipinski definition) is 5. The number of aromatic nitrogens is 1. The minimum absolute atomic E-state index is 0.00209. The van der Waals surface area contributed by atoms with Crippen LogP contribution in [-0.2, 0) is 0 Å². The third-order valence-electron chi connectivity index (χ3n) is 2.57. The van der Waals surface area contributed by atoms with Crippen molar-refractivity contribution in [2.24, 2.45) is 0 Å². The Morgan fingerprint density at radius 2 is 2.15 bits per heavy atom. The summed E-state index contributed by atoms with van der Waals surface area (Å²) >= 11 is 5.81. The number of benzene rings is 1. The third-order valence-corrected chi connectivity index (χ3v) is 2.81. The third kappa shape index (κ3) is 3.23. The predicted octanol–water partition coefficient (Wildman–Crippen LogP) is 3.49. The number of aliphatic hydroxyl groups excluding tert-OH is 1. The predicted molar refractivity (Wildman–Crippen MR) is 73.1 cm³/mol. The normalized spacial score (nSPS) is 11.9. The Balaban J connectivity index is 2.36. The van der Waals surface area contributed by atoms with Crippen LogP contribution >= 0.6 is 11.6 Å². The molecule has 0 saturated carbocycles. The first kappa shape index (κ1) is 14.2. The molecule has 1 heterocycles. The van der Waals surface area contributed by atoms with E-state index in [-0.39, 0.29) is 17.3 Å². The van der Waals surface area contributed by atoms with Crippen molar-refractivity contribution in [2.75, 3.05) is 0 Å². The molecule has 0 radical (unpaired) electrons. The van der Waals surface area contributed by atoms with Crippen LogP contribution in [-0.4, -0.2) is 15.0 Å². The molecule has 20 heavy (non-hydrogen) atoms. The van der Waals surface area contributed by atoms with Crippen LogP contribution in [0.1, 0.15) is 18.6 Å². The number of hydrogen-bond donors (Lipinski definition) is 1. The fourth-order valence-electron chi connectivity index (χ4n) is 1.57. The SMILES string of the molecule is C[C@H](O)c1ccnc(Oc2cc(Cl)ccc2[N+](=O)[O-])c1. The van der Waals surface area contributed by atoms with E-state index in [9.17, 15) is 15.2 Å². The summed E-state index contributed by atoms with van der Waals surface area (Å²) < 4.78 is 5.39. The quantitative estimate of drug-likeness (QED) is 0.689. The van der Waals surface area contributed by atoms with Crippen molar-refractivity contribution in [3.63, 3.8) is 0 Å². The maximum atomic E-state index is 10.9. The molecule has 2 rings (SSSR count). The van der Waals surface area contributed by atoms with Crippen molar-refractivity contribution >= 4 is 17.3 Å². The summed E-state index contributed by atoms with van der Waals surface area (Å²) in [7, 11) is 0. The lowest BCUT2D eigenvalue weighted by molar-refractivity contribution is -0.385. The van der Waals surface area contributed by atoms with Crippen molar-refractivity contribution in [1.29, 1.82) is 0 Å². The molecule has 2 aromatic rings. The number of aliphatic hydroxyl groups is 1. The van der Waals surface area contributed by atoms with Gasteiger partial charge in [0.25, 0.3) is 0 Å². The lowest BCUT2D eigenvalue weighted by Gasteiger charge is -2.08. The van der Waals surface area contributed by atoms with E-state index < -0.39 is 11.0 Å². The zero-order valence-corrected chi connectivity index (χ0v) is 11.2. The molecule has 104 valence electrons. The number of nitrogens with zero attached hydrogens (tertiary/aromatic N) is 2. The fraction of sp³-hybridized carbons (Fsp3) is 0.154. The van der Waals surface area contributed by atoms with Crippen LogP contribution in [0.25, 0.3) is 0 Å². The summed E-state index contributed by atoms with van der Waals surface area (Å²) in [5, 5.41) is 20.7. The van der Waals surface area contributed by atoms with Crippen LogP contribution in [0, 0.1) is 10.1 Å². The van der Waals surface area contributed by atoms with E-state index in [1.165, 1.54) is 30.5 Å². The fourth-order valence-corrected chi connectivity index (χ4v) is 1.74. The molecule has 0 saturated heterocycles. The first-order valence-corrected chi connectivity index (χ1v) is 6.11. The van der Waals surface area contributed by atoms with Gasteiger partial charge in [0, 0.05) is 29.4 Å². The van der Waals surface area contributed by atoms with Gasteiger partial charge in [-0.05, 0) is 24.6 Å². The van der Waals surface area contributed by atoms with E-state index in [1.54, 1.807) is 13.0 Å². The molecule has 0 amide bonds. The van der Waals surface area contributed by atoms with E-state index in [4.69, 9.17) is 16.3 Å². The molecule has 0 aliphatic carbocycles. The van der Waals surface area contributed by atoms with Crippen molar-refractivity contribution < 1.29 is 14.8 Å². The van der Waals surface area contributed by atoms with Crippen molar-refractivity contribution in [2.45, 2.75) is 13.0 Å². The lowest BCUT2D eigenvalue weighted by atomic mass is 10.2. The number of pyridine rings is 1. The molecule has 6 nitrogen and oxygen atoms in total. The molecule has 1 aromatic carbocycles. The Hall–Kier alpha value is -2.18. The summed E-state index contributed by atoms with van der Waals surface area (Å²) in [5.41, 5.74) is 0.387. The number of nitro benzene ring substituents is 1. The Bertz CT molecular complexity index is 646. The van der Waals surface area contributed by atoms with E-state index in [2.05, 4.69) is 4.98 Å². The van der Waals surface area contributed by atoms with Crippen LogP contribution in [0.3, 0.4) is 0 Å². The molecule has 0 aliphatic heterocycles. The molecule has 0 spiro atoms. The van der Waals surface area contributed by atoms with Gasteiger partial charge in [-0.2, -0.15) is 0 Å². The Morgan fingerprint density at radius 1 is 1.40 bits per heavy atom. The maximum absolute atomic E-state index is 10.9. The summed E-state index contributed by atoms with van der Waals surface area (Å²) in [6.45, 7) is 1.60. The monoisotopic (exact) mass is 294 g/mol. The number of ether oxygens (including phenoxy) is 1. The number of rotatable bonds is 4. The minimum atomic E-state index is -0.685. The standard InChI is InChI=1S/C13H11ClN2O4/c1-8(17)9-4-5-15-13(6-9)20-12-7-10(14)2-3-11(12)16(18)19/h2-8,17H,1H3/t8-/m0/s1. The molecule has 1 N–H and O–H groups in total.